The summed E-state index contributed by atoms with van der Waals surface area (Å²) in [6.07, 6.45) is 69.2. The molecule has 0 spiro atoms. The topological polar surface area (TPSA) is 108 Å². The summed E-state index contributed by atoms with van der Waals surface area (Å²) >= 11 is 0. The summed E-state index contributed by atoms with van der Waals surface area (Å²) in [4.78, 5) is 37.5. The average Bonchev–Trinajstić information content (AvgIpc) is 3.38. The van der Waals surface area contributed by atoms with Gasteiger partial charge in [0.15, 0.2) is 6.10 Å². The normalized spacial score (nSPS) is 13.0. The third-order valence-corrected chi connectivity index (χ3v) is 14.1. The van der Waals surface area contributed by atoms with Gasteiger partial charge in [-0.05, 0) is 51.4 Å². The van der Waals surface area contributed by atoms with Crippen molar-refractivity contribution < 1.29 is 42.9 Å². The molecule has 0 aliphatic carbocycles. The minimum Gasteiger partial charge on any atom is -0.477 e. The van der Waals surface area contributed by atoms with Gasteiger partial charge in [-0.15, -0.1) is 0 Å². The number of hydrogen-bond donors (Lipinski definition) is 1. The second kappa shape index (κ2) is 57.4. The SMILES string of the molecule is CC/C=C\C/C=C\C/C=C\C/C=C\CCCCCCCCCCCCCCC(=O)OC(COC(=O)CCCCCCCCCCCCCCCCCCCCCCCCCCC)COC(OCC[N+](C)(C)C)C(=O)O. The van der Waals surface area contributed by atoms with Gasteiger partial charge in [-0.3, -0.25) is 9.59 Å². The molecule has 9 nitrogen and oxygen atoms in total. The lowest BCUT2D eigenvalue weighted by Crippen LogP contribution is -2.40. The van der Waals surface area contributed by atoms with Gasteiger partial charge in [-0.1, -0.05) is 281 Å². The van der Waals surface area contributed by atoms with E-state index in [0.717, 1.165) is 64.2 Å². The van der Waals surface area contributed by atoms with Gasteiger partial charge >= 0.3 is 17.9 Å². The monoisotopic (exact) mass is 1060 g/mol. The van der Waals surface area contributed by atoms with E-state index in [-0.39, 0.29) is 32.2 Å². The number of ether oxygens (including phenoxy) is 4. The van der Waals surface area contributed by atoms with Crippen molar-refractivity contribution in [2.75, 3.05) is 47.5 Å². The van der Waals surface area contributed by atoms with Gasteiger partial charge in [-0.25, -0.2) is 4.79 Å². The maximum atomic E-state index is 12.9. The molecule has 0 aliphatic rings. The van der Waals surface area contributed by atoms with Gasteiger partial charge in [-0.2, -0.15) is 0 Å². The van der Waals surface area contributed by atoms with Crippen LogP contribution in [0.1, 0.15) is 296 Å². The number of carbonyl (C=O) groups is 3. The number of nitrogens with zero attached hydrogens (tertiary/aromatic N) is 1. The number of unbranched alkanes of at least 4 members (excludes halogenated alkanes) is 36. The van der Waals surface area contributed by atoms with E-state index in [4.69, 9.17) is 18.9 Å². The number of aliphatic carboxylic acids is 1. The van der Waals surface area contributed by atoms with E-state index in [9.17, 15) is 19.5 Å². The molecule has 0 aromatic rings. The Kier molecular flexibility index (Phi) is 55.3. The first kappa shape index (κ1) is 72.2. The molecule has 0 aromatic carbocycles. The Hall–Kier alpha value is -2.75. The molecular weight excluding hydrogens is 935 g/mol. The van der Waals surface area contributed by atoms with E-state index >= 15 is 0 Å². The lowest BCUT2D eigenvalue weighted by molar-refractivity contribution is -0.870. The quantitative estimate of drug-likeness (QED) is 0.0211. The number of carbonyl (C=O) groups excluding carboxylic acids is 2. The Balaban J connectivity index is 4.15. The van der Waals surface area contributed by atoms with Crippen molar-refractivity contribution in [3.63, 3.8) is 0 Å². The van der Waals surface area contributed by atoms with Crippen molar-refractivity contribution in [3.05, 3.63) is 48.6 Å². The standard InChI is InChI=1S/C66H121NO8/c1-6-8-10-12-14-16-18-20-22-24-26-28-30-32-34-36-38-40-42-44-46-48-50-52-54-56-63(68)73-60-62(61-74-66(65(70)71)72-59-58-67(3,4)5)75-64(69)57-55-53-51-49-47-45-43-41-39-37-35-33-31-29-27-25-23-21-19-17-15-13-11-9-7-2/h9,11,15,17,21,23,27,29,62,66H,6-8,10,12-14,16,18-20,22,24-26,28,30-61H2,1-5H3/p+1/b11-9-,17-15-,23-21-,29-27-. The maximum Gasteiger partial charge on any atom is 0.361 e. The fourth-order valence-electron chi connectivity index (χ4n) is 9.24. The second-order valence-corrected chi connectivity index (χ2v) is 22.7. The van der Waals surface area contributed by atoms with Crippen LogP contribution in [0.25, 0.3) is 0 Å². The van der Waals surface area contributed by atoms with Gasteiger partial charge < -0.3 is 28.5 Å². The summed E-state index contributed by atoms with van der Waals surface area (Å²) in [5, 5.41) is 9.72. The summed E-state index contributed by atoms with van der Waals surface area (Å²) in [7, 11) is 5.98. The third-order valence-electron chi connectivity index (χ3n) is 14.1. The van der Waals surface area contributed by atoms with Crippen LogP contribution in [-0.4, -0.2) is 87.4 Å². The predicted molar refractivity (Wildman–Crippen MR) is 318 cm³/mol. The van der Waals surface area contributed by atoms with Crippen LogP contribution >= 0.6 is 0 Å². The Morgan fingerprint density at radius 2 is 0.760 bits per heavy atom. The summed E-state index contributed by atoms with van der Waals surface area (Å²) < 4.78 is 23.0. The molecule has 0 fully saturated rings. The first-order chi connectivity index (χ1) is 36.6. The summed E-state index contributed by atoms with van der Waals surface area (Å²) in [6, 6.07) is 0. The van der Waals surface area contributed by atoms with Crippen LogP contribution in [0.15, 0.2) is 48.6 Å². The highest BCUT2D eigenvalue weighted by Gasteiger charge is 2.25. The molecule has 9 heteroatoms. The number of esters is 2. The largest absolute Gasteiger partial charge is 0.477 e. The van der Waals surface area contributed by atoms with E-state index in [1.54, 1.807) is 0 Å². The van der Waals surface area contributed by atoms with Gasteiger partial charge in [0.25, 0.3) is 6.29 Å². The van der Waals surface area contributed by atoms with Crippen LogP contribution in [-0.2, 0) is 33.3 Å². The van der Waals surface area contributed by atoms with Crippen molar-refractivity contribution >= 4 is 17.9 Å². The Morgan fingerprint density at radius 1 is 0.413 bits per heavy atom. The van der Waals surface area contributed by atoms with Crippen molar-refractivity contribution in [1.82, 2.24) is 0 Å². The lowest BCUT2D eigenvalue weighted by Gasteiger charge is -2.25. The smallest absolute Gasteiger partial charge is 0.361 e. The molecule has 0 aromatic heterocycles. The third kappa shape index (κ3) is 58.8. The zero-order chi connectivity index (χ0) is 54.8. The minimum absolute atomic E-state index is 0.179. The molecule has 1 N–H and O–H groups in total. The summed E-state index contributed by atoms with van der Waals surface area (Å²) in [6.45, 7) is 4.81. The van der Waals surface area contributed by atoms with Crippen LogP contribution in [0.3, 0.4) is 0 Å². The molecule has 2 unspecified atom stereocenters. The van der Waals surface area contributed by atoms with Crippen LogP contribution in [0, 0.1) is 0 Å². The first-order valence-electron chi connectivity index (χ1n) is 31.8. The van der Waals surface area contributed by atoms with Crippen molar-refractivity contribution in [3.8, 4) is 0 Å². The predicted octanol–water partition coefficient (Wildman–Crippen LogP) is 19.0. The van der Waals surface area contributed by atoms with Crippen molar-refractivity contribution in [1.29, 1.82) is 0 Å². The van der Waals surface area contributed by atoms with E-state index in [1.807, 2.05) is 21.1 Å². The first-order valence-corrected chi connectivity index (χ1v) is 31.8. The Bertz CT molecular complexity index is 1370. The highest BCUT2D eigenvalue weighted by molar-refractivity contribution is 5.71. The molecule has 0 aliphatic heterocycles. The van der Waals surface area contributed by atoms with Crippen LogP contribution < -0.4 is 0 Å². The maximum absolute atomic E-state index is 12.9. The van der Waals surface area contributed by atoms with Gasteiger partial charge in [0.1, 0.15) is 13.2 Å². The zero-order valence-electron chi connectivity index (χ0n) is 50.0. The number of allylic oxidation sites excluding steroid dienone is 8. The summed E-state index contributed by atoms with van der Waals surface area (Å²) in [5.41, 5.74) is 0. The fraction of sp³-hybridized carbons (Fsp3) is 0.833. The van der Waals surface area contributed by atoms with E-state index in [1.165, 1.54) is 205 Å². The van der Waals surface area contributed by atoms with Gasteiger partial charge in [0.05, 0.1) is 34.4 Å². The molecule has 438 valence electrons. The lowest BCUT2D eigenvalue weighted by atomic mass is 10.0. The number of rotatable bonds is 59. The number of quaternary nitrogens is 1. The molecule has 75 heavy (non-hydrogen) atoms. The zero-order valence-corrected chi connectivity index (χ0v) is 50.0. The second-order valence-electron chi connectivity index (χ2n) is 22.7. The number of hydrogen-bond acceptors (Lipinski definition) is 7. The molecule has 0 rings (SSSR count). The van der Waals surface area contributed by atoms with E-state index in [2.05, 4.69) is 62.5 Å². The highest BCUT2D eigenvalue weighted by atomic mass is 16.7. The van der Waals surface area contributed by atoms with Gasteiger partial charge in [0, 0.05) is 12.8 Å². The molecule has 0 saturated heterocycles. The number of carboxylic acids is 1. The van der Waals surface area contributed by atoms with Gasteiger partial charge in [0.2, 0.25) is 0 Å². The average molecular weight is 1060 g/mol. The van der Waals surface area contributed by atoms with E-state index in [0.29, 0.717) is 17.4 Å². The van der Waals surface area contributed by atoms with Crippen LogP contribution in [0.2, 0.25) is 0 Å². The summed E-state index contributed by atoms with van der Waals surface area (Å²) in [5.74, 6) is -1.99. The van der Waals surface area contributed by atoms with Crippen LogP contribution in [0.4, 0.5) is 0 Å². The molecule has 0 radical (unpaired) electrons. The van der Waals surface area contributed by atoms with Crippen molar-refractivity contribution in [2.45, 2.75) is 309 Å². The van der Waals surface area contributed by atoms with Crippen LogP contribution in [0.5, 0.6) is 0 Å². The molecule has 0 heterocycles. The number of carboxylic acid groups (broad SMARTS) is 1. The fourth-order valence-corrected chi connectivity index (χ4v) is 9.24. The molecule has 2 atom stereocenters. The van der Waals surface area contributed by atoms with Crippen molar-refractivity contribution in [2.24, 2.45) is 0 Å². The Labute approximate surface area is 463 Å². The van der Waals surface area contributed by atoms with E-state index < -0.39 is 24.3 Å². The Morgan fingerprint density at radius 3 is 1.13 bits per heavy atom. The minimum atomic E-state index is -1.51. The molecule has 0 bridgehead atoms. The highest BCUT2D eigenvalue weighted by Crippen LogP contribution is 2.18. The molecule has 0 amide bonds. The number of likely N-dealkylation sites (N-methyl/N-ethyl adjacent to an activating group) is 1. The molecular formula is C66H122NO8+. The molecule has 0 saturated carbocycles.